The van der Waals surface area contributed by atoms with Gasteiger partial charge in [0.1, 0.15) is 6.10 Å². The predicted octanol–water partition coefficient (Wildman–Crippen LogP) is 0.585. The summed E-state index contributed by atoms with van der Waals surface area (Å²) in [7, 11) is 0. The van der Waals surface area contributed by atoms with Gasteiger partial charge in [-0.1, -0.05) is 30.3 Å². The second kappa shape index (κ2) is 4.11. The number of rotatable bonds is 3. The van der Waals surface area contributed by atoms with Gasteiger partial charge in [-0.15, -0.1) is 10.2 Å². The maximum absolute atomic E-state index is 10.6. The largest absolute Gasteiger partial charge is 0.475 e. The highest BCUT2D eigenvalue weighted by molar-refractivity contribution is 5.82. The summed E-state index contributed by atoms with van der Waals surface area (Å²) in [4.78, 5) is 13.0. The third kappa shape index (κ3) is 1.91. The molecule has 0 aliphatic rings. The molecule has 0 saturated heterocycles. The Labute approximate surface area is 90.6 Å². The fourth-order valence-corrected chi connectivity index (χ4v) is 1.29. The average Bonchev–Trinajstić information content (AvgIpc) is 2.78. The van der Waals surface area contributed by atoms with Gasteiger partial charge in [0.05, 0.1) is 0 Å². The molecule has 0 bridgehead atoms. The first-order valence-corrected chi connectivity index (χ1v) is 4.57. The normalized spacial score (nSPS) is 12.3. The molecule has 0 fully saturated rings. The molecule has 6 nitrogen and oxygen atoms in total. The number of aromatic amines is 1. The Morgan fingerprint density at radius 1 is 1.25 bits per heavy atom. The number of carbonyl (C=O) groups is 1. The zero-order valence-corrected chi connectivity index (χ0v) is 8.16. The Kier molecular flexibility index (Phi) is 2.65. The molecule has 1 aromatic carbocycles. The monoisotopic (exact) mass is 219 g/mol. The van der Waals surface area contributed by atoms with Gasteiger partial charge in [-0.2, -0.15) is 0 Å². The number of hydrogen-bond donors (Lipinski definition) is 3. The van der Waals surface area contributed by atoms with Crippen LogP contribution >= 0.6 is 0 Å². The SMILES string of the molecule is O=C(O)c1nnc(C(O)c2ccccc2)[nH]1. The molecule has 6 heteroatoms. The predicted molar refractivity (Wildman–Crippen MR) is 53.8 cm³/mol. The maximum Gasteiger partial charge on any atom is 0.373 e. The van der Waals surface area contributed by atoms with Crippen molar-refractivity contribution in [2.45, 2.75) is 6.10 Å². The zero-order chi connectivity index (χ0) is 11.5. The van der Waals surface area contributed by atoms with E-state index in [1.807, 2.05) is 6.07 Å². The first-order chi connectivity index (χ1) is 7.68. The lowest BCUT2D eigenvalue weighted by molar-refractivity contribution is 0.0684. The Balaban J connectivity index is 2.27. The molecule has 1 unspecified atom stereocenters. The highest BCUT2D eigenvalue weighted by Crippen LogP contribution is 2.17. The second-order valence-corrected chi connectivity index (χ2v) is 3.18. The first-order valence-electron chi connectivity index (χ1n) is 4.57. The third-order valence-electron chi connectivity index (χ3n) is 2.08. The number of aromatic nitrogens is 3. The topological polar surface area (TPSA) is 99.1 Å². The average molecular weight is 219 g/mol. The molecule has 3 N–H and O–H groups in total. The van der Waals surface area contributed by atoms with Crippen molar-refractivity contribution in [2.75, 3.05) is 0 Å². The number of H-pyrrole nitrogens is 1. The first kappa shape index (κ1) is 10.3. The molecule has 16 heavy (non-hydrogen) atoms. The number of carboxylic acid groups (broad SMARTS) is 1. The lowest BCUT2D eigenvalue weighted by Crippen LogP contribution is -2.03. The lowest BCUT2D eigenvalue weighted by Gasteiger charge is -2.06. The minimum absolute atomic E-state index is 0.114. The molecular formula is C10H9N3O3. The summed E-state index contributed by atoms with van der Waals surface area (Å²) in [5, 5.41) is 25.5. The van der Waals surface area contributed by atoms with Gasteiger partial charge in [-0.25, -0.2) is 4.79 Å². The number of aromatic carboxylic acids is 1. The summed E-state index contributed by atoms with van der Waals surface area (Å²) in [6.45, 7) is 0. The van der Waals surface area contributed by atoms with Crippen LogP contribution < -0.4 is 0 Å². The standard InChI is InChI=1S/C10H9N3O3/c14-7(6-4-2-1-3-5-6)8-11-9(10(15)16)13-12-8/h1-5,7,14H,(H,15,16)(H,11,12,13). The molecule has 1 atom stereocenters. The van der Waals surface area contributed by atoms with Crippen molar-refractivity contribution < 1.29 is 15.0 Å². The minimum atomic E-state index is -1.21. The molecule has 0 saturated carbocycles. The van der Waals surface area contributed by atoms with Crippen LogP contribution in [0.4, 0.5) is 0 Å². The number of hydrogen-bond acceptors (Lipinski definition) is 4. The van der Waals surface area contributed by atoms with Gasteiger partial charge >= 0.3 is 5.97 Å². The molecule has 2 aromatic rings. The van der Waals surface area contributed by atoms with Crippen molar-refractivity contribution in [3.05, 3.63) is 47.5 Å². The maximum atomic E-state index is 10.6. The Bertz CT molecular complexity index is 495. The van der Waals surface area contributed by atoms with Gasteiger partial charge in [0, 0.05) is 0 Å². The smallest absolute Gasteiger partial charge is 0.373 e. The van der Waals surface area contributed by atoms with Gasteiger partial charge in [-0.05, 0) is 5.56 Å². The van der Waals surface area contributed by atoms with E-state index in [4.69, 9.17) is 5.11 Å². The number of nitrogens with zero attached hydrogens (tertiary/aromatic N) is 2. The summed E-state index contributed by atoms with van der Waals surface area (Å²) in [5.41, 5.74) is 0.621. The van der Waals surface area contributed by atoms with Crippen molar-refractivity contribution in [2.24, 2.45) is 0 Å². The van der Waals surface area contributed by atoms with Crippen molar-refractivity contribution in [3.63, 3.8) is 0 Å². The van der Waals surface area contributed by atoms with E-state index in [1.165, 1.54) is 0 Å². The zero-order valence-electron chi connectivity index (χ0n) is 8.16. The van der Waals surface area contributed by atoms with E-state index in [-0.39, 0.29) is 11.6 Å². The summed E-state index contributed by atoms with van der Waals surface area (Å²) in [6, 6.07) is 8.79. The molecule has 0 amide bonds. The number of aliphatic hydroxyl groups excluding tert-OH is 1. The van der Waals surface area contributed by atoms with Crippen molar-refractivity contribution >= 4 is 5.97 Å². The fraction of sp³-hybridized carbons (Fsp3) is 0.100. The number of benzene rings is 1. The summed E-state index contributed by atoms with van der Waals surface area (Å²) < 4.78 is 0. The van der Waals surface area contributed by atoms with E-state index < -0.39 is 12.1 Å². The summed E-state index contributed by atoms with van der Waals surface area (Å²) in [6.07, 6.45) is -0.998. The van der Waals surface area contributed by atoms with Crippen molar-refractivity contribution in [3.8, 4) is 0 Å². The second-order valence-electron chi connectivity index (χ2n) is 3.18. The van der Waals surface area contributed by atoms with Gasteiger partial charge in [-0.3, -0.25) is 0 Å². The van der Waals surface area contributed by atoms with Crippen LogP contribution in [0.1, 0.15) is 28.1 Å². The van der Waals surface area contributed by atoms with E-state index in [9.17, 15) is 9.90 Å². The number of nitrogens with one attached hydrogen (secondary N) is 1. The van der Waals surface area contributed by atoms with E-state index in [0.717, 1.165) is 0 Å². The Morgan fingerprint density at radius 2 is 1.94 bits per heavy atom. The number of aliphatic hydroxyl groups is 1. The third-order valence-corrected chi connectivity index (χ3v) is 2.08. The quantitative estimate of drug-likeness (QED) is 0.701. The van der Waals surface area contributed by atoms with Crippen LogP contribution in [0.3, 0.4) is 0 Å². The lowest BCUT2D eigenvalue weighted by atomic mass is 10.1. The highest BCUT2D eigenvalue weighted by atomic mass is 16.4. The summed E-state index contributed by atoms with van der Waals surface area (Å²) >= 11 is 0. The Hall–Kier alpha value is -2.21. The van der Waals surface area contributed by atoms with Gasteiger partial charge in [0.25, 0.3) is 0 Å². The number of carboxylic acids is 1. The molecule has 0 radical (unpaired) electrons. The van der Waals surface area contributed by atoms with Crippen LogP contribution in [0.5, 0.6) is 0 Å². The van der Waals surface area contributed by atoms with Crippen molar-refractivity contribution in [1.82, 2.24) is 15.2 Å². The van der Waals surface area contributed by atoms with Crippen LogP contribution in [0, 0.1) is 0 Å². The molecule has 2 rings (SSSR count). The van der Waals surface area contributed by atoms with Crippen LogP contribution in [-0.4, -0.2) is 31.4 Å². The van der Waals surface area contributed by atoms with Crippen LogP contribution in [0.15, 0.2) is 30.3 Å². The van der Waals surface area contributed by atoms with Crippen LogP contribution in [-0.2, 0) is 0 Å². The van der Waals surface area contributed by atoms with Crippen LogP contribution in [0.2, 0.25) is 0 Å². The molecule has 1 aromatic heterocycles. The van der Waals surface area contributed by atoms with E-state index in [2.05, 4.69) is 15.2 Å². The van der Waals surface area contributed by atoms with Crippen LogP contribution in [0.25, 0.3) is 0 Å². The van der Waals surface area contributed by atoms with Gasteiger partial charge in [0.2, 0.25) is 5.82 Å². The Morgan fingerprint density at radius 3 is 2.50 bits per heavy atom. The van der Waals surface area contributed by atoms with Crippen molar-refractivity contribution in [1.29, 1.82) is 0 Å². The molecule has 0 aliphatic heterocycles. The minimum Gasteiger partial charge on any atom is -0.475 e. The van der Waals surface area contributed by atoms with E-state index >= 15 is 0 Å². The fourth-order valence-electron chi connectivity index (χ4n) is 1.29. The van der Waals surface area contributed by atoms with Gasteiger partial charge in [0.15, 0.2) is 5.82 Å². The van der Waals surface area contributed by atoms with E-state index in [1.54, 1.807) is 24.3 Å². The molecule has 1 heterocycles. The highest BCUT2D eigenvalue weighted by Gasteiger charge is 2.17. The molecule has 0 spiro atoms. The molecule has 82 valence electrons. The molecular weight excluding hydrogens is 210 g/mol. The van der Waals surface area contributed by atoms with Gasteiger partial charge < -0.3 is 15.2 Å². The molecule has 0 aliphatic carbocycles. The van der Waals surface area contributed by atoms with E-state index in [0.29, 0.717) is 5.56 Å². The summed E-state index contributed by atoms with van der Waals surface area (Å²) in [5.74, 6) is -1.38.